The smallest absolute Gasteiger partial charge is 0.0254 e. The molecule has 0 heterocycles. The minimum Gasteiger partial charge on any atom is -0.862 e. The van der Waals surface area contributed by atoms with Crippen LogP contribution in [-0.2, 0) is 0 Å². The predicted molar refractivity (Wildman–Crippen MR) is 161 cm³/mol. The number of unbranched alkanes of at least 4 members (excludes halogenated alkanes) is 27. The van der Waals surface area contributed by atoms with E-state index in [0.29, 0.717) is 6.42 Å². The summed E-state index contributed by atoms with van der Waals surface area (Å²) in [6, 6.07) is 0. The Morgan fingerprint density at radius 1 is 0.417 bits per heavy atom. The molecule has 0 saturated heterocycles. The highest BCUT2D eigenvalue weighted by Crippen LogP contribution is 2.15. The maximum absolute atomic E-state index is 10.6. The lowest BCUT2D eigenvalue weighted by Gasteiger charge is -2.05. The van der Waals surface area contributed by atoms with Gasteiger partial charge in [0.05, 0.1) is 0 Å². The highest BCUT2D eigenvalue weighted by Gasteiger charge is 1.96. The van der Waals surface area contributed by atoms with E-state index in [1.165, 1.54) is 173 Å². The van der Waals surface area contributed by atoms with E-state index in [2.05, 4.69) is 19.1 Å². The van der Waals surface area contributed by atoms with Gasteiger partial charge >= 0.3 is 0 Å². The molecule has 2 heteroatoms. The fourth-order valence-corrected chi connectivity index (χ4v) is 5.18. The Morgan fingerprint density at radius 2 is 0.667 bits per heavy atom. The van der Waals surface area contributed by atoms with E-state index in [4.69, 9.17) is 5.41 Å². The molecule has 214 valence electrons. The number of hydrogen-bond acceptors (Lipinski definition) is 2. The summed E-state index contributed by atoms with van der Waals surface area (Å²) in [6.07, 6.45) is 45.3. The highest BCUT2D eigenvalue weighted by atomic mass is 16.3. The molecule has 0 fully saturated rings. The van der Waals surface area contributed by atoms with Gasteiger partial charge in [-0.2, -0.15) is 0 Å². The van der Waals surface area contributed by atoms with Crippen LogP contribution in [0, 0.1) is 5.41 Å². The maximum Gasteiger partial charge on any atom is -0.0254 e. The van der Waals surface area contributed by atoms with Crippen molar-refractivity contribution < 1.29 is 5.11 Å². The summed E-state index contributed by atoms with van der Waals surface area (Å²) in [7, 11) is 0. The summed E-state index contributed by atoms with van der Waals surface area (Å²) < 4.78 is 0. The first-order chi connectivity index (χ1) is 17.8. The standard InChI is InChI=1S/C34H67NO/c1-2-3-4-5-6-7-8-9-10-11-12-13-14-15-16-17-18-19-20-21-22-23-24-25-26-27-28-29-30-31-32-33-34(35)36/h25-26H,2-24,27-33H2,1H3,(H2,35,36)/p-1/b26-25-. The molecule has 0 aliphatic carbocycles. The fraction of sp³-hybridized carbons (Fsp3) is 0.912. The minimum absolute atomic E-state index is 0.409. The largest absolute Gasteiger partial charge is 0.862 e. The summed E-state index contributed by atoms with van der Waals surface area (Å²) in [6.45, 7) is 2.30. The lowest BCUT2D eigenvalue weighted by molar-refractivity contribution is -0.220. The SMILES string of the molecule is CCCCCCCCCCCCCCCCCCCCCCCC/C=C\CCCCCCCC(=N)[O-]. The van der Waals surface area contributed by atoms with Crippen LogP contribution < -0.4 is 5.11 Å². The zero-order valence-corrected chi connectivity index (χ0v) is 24.8. The topological polar surface area (TPSA) is 46.9 Å². The minimum atomic E-state index is -0.409. The monoisotopic (exact) mass is 505 g/mol. The van der Waals surface area contributed by atoms with E-state index in [1.807, 2.05) is 0 Å². The third-order valence-electron chi connectivity index (χ3n) is 7.67. The molecule has 0 amide bonds. The van der Waals surface area contributed by atoms with Crippen molar-refractivity contribution in [3.63, 3.8) is 0 Å². The predicted octanol–water partition coefficient (Wildman–Crippen LogP) is 11.6. The van der Waals surface area contributed by atoms with Gasteiger partial charge < -0.3 is 10.5 Å². The molecule has 0 aromatic carbocycles. The van der Waals surface area contributed by atoms with Crippen LogP contribution in [0.1, 0.15) is 200 Å². The van der Waals surface area contributed by atoms with Gasteiger partial charge in [-0.3, -0.25) is 0 Å². The fourth-order valence-electron chi connectivity index (χ4n) is 5.18. The normalized spacial score (nSPS) is 11.6. The second-order valence-corrected chi connectivity index (χ2v) is 11.4. The van der Waals surface area contributed by atoms with Gasteiger partial charge in [0.1, 0.15) is 0 Å². The van der Waals surface area contributed by atoms with Crippen molar-refractivity contribution in [2.45, 2.75) is 200 Å². The Hall–Kier alpha value is -0.790. The van der Waals surface area contributed by atoms with Crippen molar-refractivity contribution in [1.82, 2.24) is 0 Å². The van der Waals surface area contributed by atoms with Crippen molar-refractivity contribution in [2.75, 3.05) is 0 Å². The van der Waals surface area contributed by atoms with Crippen molar-refractivity contribution in [3.05, 3.63) is 12.2 Å². The summed E-state index contributed by atoms with van der Waals surface area (Å²) in [5.74, 6) is -0.409. The Labute approximate surface area is 228 Å². The molecule has 0 atom stereocenters. The van der Waals surface area contributed by atoms with Gasteiger partial charge in [-0.05, 0) is 44.4 Å². The lowest BCUT2D eigenvalue weighted by atomic mass is 10.0. The molecule has 0 radical (unpaired) electrons. The Bertz CT molecular complexity index is 444. The number of hydrogen-bond donors (Lipinski definition) is 1. The molecule has 2 nitrogen and oxygen atoms in total. The quantitative estimate of drug-likeness (QED) is 0.0434. The lowest BCUT2D eigenvalue weighted by Crippen LogP contribution is -2.14. The van der Waals surface area contributed by atoms with Crippen LogP contribution in [-0.4, -0.2) is 5.90 Å². The maximum atomic E-state index is 10.6. The number of nitrogens with one attached hydrogen (secondary N) is 1. The molecule has 0 aromatic rings. The van der Waals surface area contributed by atoms with Gasteiger partial charge in [-0.25, -0.2) is 0 Å². The first-order valence-corrected chi connectivity index (χ1v) is 16.7. The molecule has 1 N–H and O–H groups in total. The van der Waals surface area contributed by atoms with E-state index in [-0.39, 0.29) is 0 Å². The molecule has 0 rings (SSSR count). The summed E-state index contributed by atoms with van der Waals surface area (Å²) in [5, 5.41) is 17.4. The molecule has 36 heavy (non-hydrogen) atoms. The van der Waals surface area contributed by atoms with Crippen LogP contribution in [0.2, 0.25) is 0 Å². The molecule has 0 aromatic heterocycles. The first kappa shape index (κ1) is 35.2. The molecule has 0 saturated carbocycles. The van der Waals surface area contributed by atoms with Crippen LogP contribution in [0.25, 0.3) is 0 Å². The van der Waals surface area contributed by atoms with E-state index in [0.717, 1.165) is 12.8 Å². The second kappa shape index (κ2) is 32.2. The van der Waals surface area contributed by atoms with Crippen molar-refractivity contribution in [1.29, 1.82) is 5.41 Å². The van der Waals surface area contributed by atoms with Crippen molar-refractivity contribution >= 4 is 5.90 Å². The zero-order valence-electron chi connectivity index (χ0n) is 24.8. The van der Waals surface area contributed by atoms with Crippen molar-refractivity contribution in [3.8, 4) is 0 Å². The van der Waals surface area contributed by atoms with E-state index in [1.54, 1.807) is 0 Å². The summed E-state index contributed by atoms with van der Waals surface area (Å²) in [4.78, 5) is 0. The van der Waals surface area contributed by atoms with Gasteiger partial charge in [0.25, 0.3) is 0 Å². The highest BCUT2D eigenvalue weighted by molar-refractivity contribution is 5.67. The molecular weight excluding hydrogens is 438 g/mol. The Balaban J connectivity index is 3.07. The average molecular weight is 505 g/mol. The molecule has 0 unspecified atom stereocenters. The second-order valence-electron chi connectivity index (χ2n) is 11.4. The number of rotatable bonds is 31. The van der Waals surface area contributed by atoms with Crippen LogP contribution in [0.15, 0.2) is 12.2 Å². The van der Waals surface area contributed by atoms with Gasteiger partial charge in [-0.15, -0.1) is 0 Å². The average Bonchev–Trinajstić information content (AvgIpc) is 2.87. The van der Waals surface area contributed by atoms with Crippen LogP contribution in [0.5, 0.6) is 0 Å². The zero-order chi connectivity index (χ0) is 26.2. The van der Waals surface area contributed by atoms with E-state index >= 15 is 0 Å². The Morgan fingerprint density at radius 3 is 0.944 bits per heavy atom. The molecule has 0 aliphatic heterocycles. The molecule has 0 bridgehead atoms. The molecule has 0 aliphatic rings. The van der Waals surface area contributed by atoms with E-state index in [9.17, 15) is 5.11 Å². The van der Waals surface area contributed by atoms with Crippen LogP contribution >= 0.6 is 0 Å². The third-order valence-corrected chi connectivity index (χ3v) is 7.67. The third kappa shape index (κ3) is 33.2. The summed E-state index contributed by atoms with van der Waals surface area (Å²) in [5.41, 5.74) is 0. The molecular formula is C34H66NO-. The van der Waals surface area contributed by atoms with Gasteiger partial charge in [0, 0.05) is 0 Å². The van der Waals surface area contributed by atoms with Gasteiger partial charge in [0.15, 0.2) is 0 Å². The van der Waals surface area contributed by atoms with Crippen LogP contribution in [0.3, 0.4) is 0 Å². The van der Waals surface area contributed by atoms with Crippen molar-refractivity contribution in [2.24, 2.45) is 0 Å². The number of allylic oxidation sites excluding steroid dienone is 2. The van der Waals surface area contributed by atoms with Gasteiger partial charge in [-0.1, -0.05) is 173 Å². The molecule has 0 spiro atoms. The van der Waals surface area contributed by atoms with Gasteiger partial charge in [0.2, 0.25) is 0 Å². The van der Waals surface area contributed by atoms with E-state index < -0.39 is 5.90 Å². The summed E-state index contributed by atoms with van der Waals surface area (Å²) >= 11 is 0. The first-order valence-electron chi connectivity index (χ1n) is 16.7. The van der Waals surface area contributed by atoms with Crippen LogP contribution in [0.4, 0.5) is 0 Å². The Kier molecular flexibility index (Phi) is 31.5.